The van der Waals surface area contributed by atoms with Gasteiger partial charge in [0.2, 0.25) is 0 Å². The van der Waals surface area contributed by atoms with Gasteiger partial charge in [-0.15, -0.1) is 0 Å². The lowest BCUT2D eigenvalue weighted by Gasteiger charge is -2.04. The minimum atomic E-state index is -0.948. The summed E-state index contributed by atoms with van der Waals surface area (Å²) in [4.78, 5) is 10.2. The van der Waals surface area contributed by atoms with Crippen molar-refractivity contribution < 1.29 is 19.7 Å². The van der Waals surface area contributed by atoms with E-state index in [4.69, 9.17) is 14.9 Å². The predicted molar refractivity (Wildman–Crippen MR) is 90.1 cm³/mol. The molecule has 1 atom stereocenters. The summed E-state index contributed by atoms with van der Waals surface area (Å²) in [7, 11) is 1.59. The average molecular weight is 308 g/mol. The second kappa shape index (κ2) is 12.9. The molecule has 1 aromatic carbocycles. The highest BCUT2D eigenvalue weighted by atomic mass is 16.5. The van der Waals surface area contributed by atoms with E-state index in [1.165, 1.54) is 25.3 Å². The van der Waals surface area contributed by atoms with E-state index < -0.39 is 5.97 Å². The molecule has 0 amide bonds. The zero-order valence-electron chi connectivity index (χ0n) is 13.8. The number of carboxylic acid groups (broad SMARTS) is 1. The normalized spacial score (nSPS) is 11.6. The third-order valence-electron chi connectivity index (χ3n) is 3.15. The van der Waals surface area contributed by atoms with E-state index >= 15 is 0 Å². The summed E-state index contributed by atoms with van der Waals surface area (Å²) in [5, 5.41) is 17.4. The van der Waals surface area contributed by atoms with Crippen molar-refractivity contribution in [1.82, 2.24) is 0 Å². The maximum atomic E-state index is 10.2. The van der Waals surface area contributed by atoms with Crippen molar-refractivity contribution in [2.24, 2.45) is 0 Å². The summed E-state index contributed by atoms with van der Waals surface area (Å²) in [5.41, 5.74) is 0.836. The Morgan fingerprint density at radius 2 is 1.86 bits per heavy atom. The van der Waals surface area contributed by atoms with Gasteiger partial charge in [-0.2, -0.15) is 0 Å². The van der Waals surface area contributed by atoms with E-state index in [1.807, 2.05) is 6.92 Å². The third-order valence-corrected chi connectivity index (χ3v) is 3.15. The first-order valence-electron chi connectivity index (χ1n) is 7.76. The molecule has 4 heteroatoms. The van der Waals surface area contributed by atoms with E-state index in [-0.39, 0.29) is 6.10 Å². The van der Waals surface area contributed by atoms with Gasteiger partial charge in [0.25, 0.3) is 0 Å². The maximum absolute atomic E-state index is 10.2. The smallest absolute Gasteiger partial charge is 0.328 e. The van der Waals surface area contributed by atoms with Crippen LogP contribution in [-0.4, -0.2) is 29.4 Å². The molecule has 0 saturated carbocycles. The van der Waals surface area contributed by atoms with Crippen molar-refractivity contribution in [2.45, 2.75) is 52.1 Å². The van der Waals surface area contributed by atoms with Crippen LogP contribution in [0.2, 0.25) is 0 Å². The number of aliphatic hydroxyl groups is 1. The molecule has 0 aliphatic carbocycles. The van der Waals surface area contributed by atoms with Crippen molar-refractivity contribution in [1.29, 1.82) is 0 Å². The van der Waals surface area contributed by atoms with Crippen molar-refractivity contribution in [3.8, 4) is 5.75 Å². The van der Waals surface area contributed by atoms with E-state index in [2.05, 4.69) is 6.92 Å². The minimum Gasteiger partial charge on any atom is -0.497 e. The van der Waals surface area contributed by atoms with Crippen molar-refractivity contribution >= 4 is 12.0 Å². The summed E-state index contributed by atoms with van der Waals surface area (Å²) >= 11 is 0. The van der Waals surface area contributed by atoms with Gasteiger partial charge in [-0.1, -0.05) is 45.2 Å². The van der Waals surface area contributed by atoms with E-state index in [0.717, 1.165) is 30.2 Å². The van der Waals surface area contributed by atoms with E-state index in [0.29, 0.717) is 0 Å². The Morgan fingerprint density at radius 1 is 1.23 bits per heavy atom. The zero-order valence-corrected chi connectivity index (χ0v) is 13.8. The van der Waals surface area contributed by atoms with E-state index in [9.17, 15) is 4.79 Å². The van der Waals surface area contributed by atoms with Gasteiger partial charge in [-0.3, -0.25) is 0 Å². The molecule has 1 aromatic rings. The number of methoxy groups -OCH3 is 1. The van der Waals surface area contributed by atoms with Crippen LogP contribution in [0.15, 0.2) is 30.3 Å². The second-order valence-electron chi connectivity index (χ2n) is 5.00. The first-order valence-corrected chi connectivity index (χ1v) is 7.76. The van der Waals surface area contributed by atoms with Crippen LogP contribution in [0.4, 0.5) is 0 Å². The Kier molecular flexibility index (Phi) is 11.8. The number of aliphatic carboxylic acids is 1. The van der Waals surface area contributed by atoms with Crippen LogP contribution in [-0.2, 0) is 4.79 Å². The molecule has 0 spiro atoms. The molecule has 0 saturated heterocycles. The van der Waals surface area contributed by atoms with Crippen molar-refractivity contribution in [3.63, 3.8) is 0 Å². The quantitative estimate of drug-likeness (QED) is 0.560. The summed E-state index contributed by atoms with van der Waals surface area (Å²) in [6.45, 7) is 4.20. The number of ether oxygens (including phenoxy) is 1. The van der Waals surface area contributed by atoms with Crippen LogP contribution in [0.3, 0.4) is 0 Å². The van der Waals surface area contributed by atoms with Gasteiger partial charge in [-0.05, 0) is 36.6 Å². The molecular formula is C18H28O4. The Morgan fingerprint density at radius 3 is 2.32 bits per heavy atom. The van der Waals surface area contributed by atoms with Crippen LogP contribution in [0.25, 0.3) is 6.08 Å². The first-order chi connectivity index (χ1) is 10.5. The van der Waals surface area contributed by atoms with Gasteiger partial charge in [0.15, 0.2) is 0 Å². The predicted octanol–water partition coefficient (Wildman–Crippen LogP) is 4.13. The van der Waals surface area contributed by atoms with Gasteiger partial charge in [0, 0.05) is 6.08 Å². The fourth-order valence-corrected chi connectivity index (χ4v) is 1.72. The molecule has 0 aliphatic heterocycles. The molecule has 0 radical (unpaired) electrons. The van der Waals surface area contributed by atoms with Crippen LogP contribution >= 0.6 is 0 Å². The molecule has 0 heterocycles. The molecule has 124 valence electrons. The number of rotatable bonds is 8. The molecule has 2 N–H and O–H groups in total. The topological polar surface area (TPSA) is 66.8 Å². The van der Waals surface area contributed by atoms with Gasteiger partial charge >= 0.3 is 5.97 Å². The number of hydrogen-bond acceptors (Lipinski definition) is 3. The number of hydrogen-bond donors (Lipinski definition) is 2. The molecule has 22 heavy (non-hydrogen) atoms. The highest BCUT2D eigenvalue weighted by Gasteiger charge is 1.97. The lowest BCUT2D eigenvalue weighted by atomic mass is 10.1. The summed E-state index contributed by atoms with van der Waals surface area (Å²) in [6, 6.07) is 7.14. The van der Waals surface area contributed by atoms with Gasteiger partial charge in [0.1, 0.15) is 5.75 Å². The standard InChI is InChI=1S/C10H10O3.C8H18O/c1-13-9-5-2-8(3-6-9)4-7-10(11)12;1-3-5-6-7-8(9)4-2/h2-7H,1H3,(H,11,12);8-9H,3-7H2,1-2H3. The zero-order chi connectivity index (χ0) is 16.8. The largest absolute Gasteiger partial charge is 0.497 e. The molecule has 1 unspecified atom stereocenters. The highest BCUT2D eigenvalue weighted by molar-refractivity contribution is 5.85. The number of aliphatic hydroxyl groups excluding tert-OH is 1. The summed E-state index contributed by atoms with van der Waals surface area (Å²) in [6.07, 6.45) is 8.17. The fourth-order valence-electron chi connectivity index (χ4n) is 1.72. The molecule has 4 nitrogen and oxygen atoms in total. The molecule has 1 rings (SSSR count). The van der Waals surface area contributed by atoms with E-state index in [1.54, 1.807) is 31.4 Å². The Balaban J connectivity index is 0.000000433. The second-order valence-corrected chi connectivity index (χ2v) is 5.00. The van der Waals surface area contributed by atoms with Crippen LogP contribution in [0.1, 0.15) is 51.5 Å². The molecule has 0 fully saturated rings. The lowest BCUT2D eigenvalue weighted by Crippen LogP contribution is -2.02. The fraction of sp³-hybridized carbons (Fsp3) is 0.500. The number of benzene rings is 1. The number of unbranched alkanes of at least 4 members (excludes halogenated alkanes) is 2. The number of carboxylic acids is 1. The van der Waals surface area contributed by atoms with Gasteiger partial charge in [-0.25, -0.2) is 4.79 Å². The lowest BCUT2D eigenvalue weighted by molar-refractivity contribution is -0.131. The molecule has 0 bridgehead atoms. The van der Waals surface area contributed by atoms with Gasteiger partial charge in [0.05, 0.1) is 13.2 Å². The average Bonchev–Trinajstić information content (AvgIpc) is 2.54. The highest BCUT2D eigenvalue weighted by Crippen LogP contribution is 2.12. The summed E-state index contributed by atoms with van der Waals surface area (Å²) < 4.78 is 4.95. The van der Waals surface area contributed by atoms with Crippen LogP contribution in [0.5, 0.6) is 5.75 Å². The van der Waals surface area contributed by atoms with Crippen molar-refractivity contribution in [3.05, 3.63) is 35.9 Å². The Hall–Kier alpha value is -1.81. The van der Waals surface area contributed by atoms with Crippen LogP contribution < -0.4 is 4.74 Å². The molecular weight excluding hydrogens is 280 g/mol. The SMILES string of the molecule is CCCCCC(O)CC.COc1ccc(C=CC(=O)O)cc1. The third kappa shape index (κ3) is 10.9. The Labute approximate surface area is 133 Å². The number of carbonyl (C=O) groups is 1. The maximum Gasteiger partial charge on any atom is 0.328 e. The van der Waals surface area contributed by atoms with Crippen molar-refractivity contribution in [2.75, 3.05) is 7.11 Å². The molecule has 0 aromatic heterocycles. The first kappa shape index (κ1) is 20.2. The summed E-state index contributed by atoms with van der Waals surface area (Å²) in [5.74, 6) is -0.191. The molecule has 0 aliphatic rings. The van der Waals surface area contributed by atoms with Gasteiger partial charge < -0.3 is 14.9 Å². The minimum absolute atomic E-state index is 0.0449. The Bertz CT molecular complexity index is 423. The monoisotopic (exact) mass is 308 g/mol. The van der Waals surface area contributed by atoms with Crippen LogP contribution in [0, 0.1) is 0 Å².